The molecule has 1 atom stereocenters. The van der Waals surface area contributed by atoms with Crippen LogP contribution in [0.4, 0.5) is 0 Å². The van der Waals surface area contributed by atoms with E-state index in [0.717, 1.165) is 23.5 Å². The molecule has 0 bridgehead atoms. The number of rotatable bonds is 4. The second kappa shape index (κ2) is 5.50. The summed E-state index contributed by atoms with van der Waals surface area (Å²) in [6.07, 6.45) is 2.28. The molecule has 2 heterocycles. The largest absolute Gasteiger partial charge is 0.330 e. The molecule has 0 fully saturated rings. The summed E-state index contributed by atoms with van der Waals surface area (Å²) in [5.74, 6) is 0. The monoisotopic (exact) mass is 298 g/mol. The predicted octanol–water partition coefficient (Wildman–Crippen LogP) is 2.61. The van der Waals surface area contributed by atoms with Crippen molar-refractivity contribution in [2.75, 3.05) is 0 Å². The second-order valence-electron chi connectivity index (χ2n) is 4.66. The number of aromatic amines is 1. The van der Waals surface area contributed by atoms with Crippen molar-refractivity contribution < 1.29 is 0 Å². The minimum Gasteiger partial charge on any atom is -0.329 e. The molecule has 19 heavy (non-hydrogen) atoms. The van der Waals surface area contributed by atoms with Gasteiger partial charge in [-0.1, -0.05) is 44.2 Å². The van der Waals surface area contributed by atoms with Gasteiger partial charge in [-0.25, -0.2) is 9.78 Å². The maximum atomic E-state index is 11.9. The van der Waals surface area contributed by atoms with Gasteiger partial charge in [0.1, 0.15) is 10.2 Å². The Morgan fingerprint density at radius 3 is 2.74 bits per heavy atom. The third kappa shape index (κ3) is 2.62. The lowest BCUT2D eigenvalue weighted by atomic mass is 10.3. The quantitative estimate of drug-likeness (QED) is 0.696. The average molecular weight is 298 g/mol. The Morgan fingerprint density at radius 2 is 2.11 bits per heavy atom. The van der Waals surface area contributed by atoms with Crippen molar-refractivity contribution in [3.8, 4) is 0 Å². The van der Waals surface area contributed by atoms with E-state index in [1.807, 2.05) is 0 Å². The van der Waals surface area contributed by atoms with Crippen LogP contribution in [0.15, 0.2) is 9.95 Å². The van der Waals surface area contributed by atoms with E-state index in [1.165, 1.54) is 9.13 Å². The standard InChI is InChI=1S/C12H18N4OS2/c1-5-6-7(2)19-11-13-8-9(14-11)15(3)12(17)16(4)10(8)18/h7H,5-6H2,1-4H3,(H,13,14)/t7-/m0/s1. The van der Waals surface area contributed by atoms with E-state index in [9.17, 15) is 4.79 Å². The fraction of sp³-hybridized carbons (Fsp3) is 0.583. The van der Waals surface area contributed by atoms with Gasteiger partial charge < -0.3 is 4.98 Å². The first-order valence-electron chi connectivity index (χ1n) is 6.28. The van der Waals surface area contributed by atoms with Crippen molar-refractivity contribution in [3.05, 3.63) is 15.1 Å². The van der Waals surface area contributed by atoms with E-state index in [2.05, 4.69) is 23.8 Å². The fourth-order valence-corrected chi connectivity index (χ4v) is 3.27. The molecule has 0 unspecified atom stereocenters. The first kappa shape index (κ1) is 14.3. The molecule has 0 saturated carbocycles. The van der Waals surface area contributed by atoms with Gasteiger partial charge in [-0.2, -0.15) is 0 Å². The molecule has 0 aliphatic heterocycles. The minimum absolute atomic E-state index is 0.151. The molecule has 104 valence electrons. The highest BCUT2D eigenvalue weighted by Gasteiger charge is 2.13. The number of H-pyrrole nitrogens is 1. The zero-order valence-electron chi connectivity index (χ0n) is 11.6. The molecule has 2 aromatic heterocycles. The minimum atomic E-state index is -0.151. The Labute approximate surface area is 121 Å². The number of nitrogens with one attached hydrogen (secondary N) is 1. The third-order valence-electron chi connectivity index (χ3n) is 3.08. The van der Waals surface area contributed by atoms with Crippen LogP contribution in [0.2, 0.25) is 0 Å². The highest BCUT2D eigenvalue weighted by molar-refractivity contribution is 7.99. The van der Waals surface area contributed by atoms with E-state index >= 15 is 0 Å². The van der Waals surface area contributed by atoms with E-state index in [0.29, 0.717) is 15.5 Å². The lowest BCUT2D eigenvalue weighted by molar-refractivity contribution is 0.721. The Kier molecular flexibility index (Phi) is 4.15. The van der Waals surface area contributed by atoms with Crippen LogP contribution in [0.5, 0.6) is 0 Å². The number of thioether (sulfide) groups is 1. The van der Waals surface area contributed by atoms with Gasteiger partial charge in [-0.3, -0.25) is 9.13 Å². The first-order valence-corrected chi connectivity index (χ1v) is 7.56. The Morgan fingerprint density at radius 1 is 1.42 bits per heavy atom. The topological polar surface area (TPSA) is 55.6 Å². The molecule has 0 aliphatic carbocycles. The number of fused-ring (bicyclic) bond motifs is 1. The highest BCUT2D eigenvalue weighted by atomic mass is 32.2. The second-order valence-corrected chi connectivity index (χ2v) is 6.48. The summed E-state index contributed by atoms with van der Waals surface area (Å²) in [4.78, 5) is 19.7. The van der Waals surface area contributed by atoms with Crippen LogP contribution in [0, 0.1) is 4.64 Å². The summed E-state index contributed by atoms with van der Waals surface area (Å²) in [5, 5.41) is 1.31. The molecule has 2 rings (SSSR count). The Balaban J connectivity index is 2.52. The van der Waals surface area contributed by atoms with Gasteiger partial charge in [-0.15, -0.1) is 0 Å². The van der Waals surface area contributed by atoms with Crippen LogP contribution in [0.1, 0.15) is 26.7 Å². The summed E-state index contributed by atoms with van der Waals surface area (Å²) >= 11 is 6.97. The molecule has 0 radical (unpaired) electrons. The number of imidazole rings is 1. The van der Waals surface area contributed by atoms with Gasteiger partial charge in [0.25, 0.3) is 0 Å². The predicted molar refractivity (Wildman–Crippen MR) is 81.4 cm³/mol. The maximum absolute atomic E-state index is 11.9. The summed E-state index contributed by atoms with van der Waals surface area (Å²) < 4.78 is 3.48. The van der Waals surface area contributed by atoms with Gasteiger partial charge >= 0.3 is 5.69 Å². The molecule has 5 nitrogen and oxygen atoms in total. The normalized spacial score (nSPS) is 13.1. The molecule has 0 spiro atoms. The van der Waals surface area contributed by atoms with E-state index in [4.69, 9.17) is 12.2 Å². The average Bonchev–Trinajstić information content (AvgIpc) is 2.78. The zero-order chi connectivity index (χ0) is 14.2. The number of hydrogen-bond donors (Lipinski definition) is 1. The molecule has 0 amide bonds. The molecular weight excluding hydrogens is 280 g/mol. The number of hydrogen-bond acceptors (Lipinski definition) is 4. The third-order valence-corrected chi connectivity index (χ3v) is 4.61. The van der Waals surface area contributed by atoms with E-state index in [-0.39, 0.29) is 5.69 Å². The van der Waals surface area contributed by atoms with Crippen LogP contribution in [0.25, 0.3) is 11.2 Å². The fourth-order valence-electron chi connectivity index (χ4n) is 2.02. The lowest BCUT2D eigenvalue weighted by Gasteiger charge is -2.05. The smallest absolute Gasteiger partial charge is 0.329 e. The van der Waals surface area contributed by atoms with Crippen LogP contribution in [-0.4, -0.2) is 24.4 Å². The molecule has 0 saturated heterocycles. The molecule has 1 N–H and O–H groups in total. The summed E-state index contributed by atoms with van der Waals surface area (Å²) in [7, 11) is 3.39. The zero-order valence-corrected chi connectivity index (χ0v) is 13.2. The van der Waals surface area contributed by atoms with Crippen molar-refractivity contribution in [1.82, 2.24) is 19.1 Å². The van der Waals surface area contributed by atoms with E-state index in [1.54, 1.807) is 25.9 Å². The van der Waals surface area contributed by atoms with Gasteiger partial charge in [0.2, 0.25) is 0 Å². The summed E-state index contributed by atoms with van der Waals surface area (Å²) in [6, 6.07) is 0. The lowest BCUT2D eigenvalue weighted by Crippen LogP contribution is -2.27. The van der Waals surface area contributed by atoms with Crippen LogP contribution < -0.4 is 5.69 Å². The summed E-state index contributed by atoms with van der Waals surface area (Å²) in [5.41, 5.74) is 1.23. The van der Waals surface area contributed by atoms with Gasteiger partial charge in [-0.05, 0) is 6.42 Å². The molecular formula is C12H18N4OS2. The van der Waals surface area contributed by atoms with Crippen molar-refractivity contribution in [2.45, 2.75) is 37.1 Å². The Bertz CT molecular complexity index is 713. The Hall–Kier alpha value is -1.08. The van der Waals surface area contributed by atoms with E-state index < -0.39 is 0 Å². The first-order chi connectivity index (χ1) is 8.95. The molecule has 2 aromatic rings. The molecule has 7 heteroatoms. The van der Waals surface area contributed by atoms with Crippen LogP contribution >= 0.6 is 24.0 Å². The highest BCUT2D eigenvalue weighted by Crippen LogP contribution is 2.25. The van der Waals surface area contributed by atoms with Crippen LogP contribution in [0.3, 0.4) is 0 Å². The van der Waals surface area contributed by atoms with Gasteiger partial charge in [0.15, 0.2) is 10.8 Å². The SMILES string of the molecule is CCC[C@H](C)Sc1nc2c([nH]1)c(=S)n(C)c(=O)n2C. The van der Waals surface area contributed by atoms with Gasteiger partial charge in [0, 0.05) is 19.3 Å². The van der Waals surface area contributed by atoms with Crippen LogP contribution in [-0.2, 0) is 14.1 Å². The van der Waals surface area contributed by atoms with Gasteiger partial charge in [0.05, 0.1) is 0 Å². The molecule has 0 aromatic carbocycles. The molecule has 0 aliphatic rings. The van der Waals surface area contributed by atoms with Crippen molar-refractivity contribution >= 4 is 35.1 Å². The van der Waals surface area contributed by atoms with Crippen molar-refractivity contribution in [3.63, 3.8) is 0 Å². The number of nitrogens with zero attached hydrogens (tertiary/aromatic N) is 3. The maximum Gasteiger partial charge on any atom is 0.330 e. The van der Waals surface area contributed by atoms with Crippen molar-refractivity contribution in [1.29, 1.82) is 0 Å². The number of aromatic nitrogens is 4. The summed E-state index contributed by atoms with van der Waals surface area (Å²) in [6.45, 7) is 4.34. The van der Waals surface area contributed by atoms with Crippen molar-refractivity contribution in [2.24, 2.45) is 14.1 Å². The number of aryl methyl sites for hydroxylation is 1.